The summed E-state index contributed by atoms with van der Waals surface area (Å²) in [5.41, 5.74) is 0. The van der Waals surface area contributed by atoms with Crippen LogP contribution in [-0.4, -0.2) is 19.4 Å². The molecule has 0 aromatic heterocycles. The number of carbonyl (C=O) groups is 1. The highest BCUT2D eigenvalue weighted by Gasteiger charge is 2.24. The van der Waals surface area contributed by atoms with Crippen molar-refractivity contribution in [2.24, 2.45) is 11.8 Å². The Morgan fingerprint density at radius 2 is 2.36 bits per heavy atom. The van der Waals surface area contributed by atoms with Crippen LogP contribution in [0.1, 0.15) is 26.2 Å². The normalized spacial score (nSPS) is 32.4. The molecule has 2 nitrogen and oxygen atoms in total. The van der Waals surface area contributed by atoms with E-state index >= 15 is 0 Å². The van der Waals surface area contributed by atoms with Gasteiger partial charge in [0.15, 0.2) is 0 Å². The molecule has 1 fully saturated rings. The van der Waals surface area contributed by atoms with E-state index in [9.17, 15) is 4.79 Å². The van der Waals surface area contributed by atoms with Gasteiger partial charge >= 0.3 is 0 Å². The predicted octanol–water partition coefficient (Wildman–Crippen LogP) is 1.21. The lowest BCUT2D eigenvalue weighted by Gasteiger charge is -2.27. The van der Waals surface area contributed by atoms with Crippen LogP contribution >= 0.6 is 0 Å². The highest BCUT2D eigenvalue weighted by molar-refractivity contribution is 5.79. The van der Waals surface area contributed by atoms with Crippen LogP contribution < -0.4 is 5.32 Å². The Bertz CT molecular complexity index is 144. The van der Waals surface area contributed by atoms with E-state index in [0.29, 0.717) is 11.7 Å². The zero-order valence-electron chi connectivity index (χ0n) is 7.39. The van der Waals surface area contributed by atoms with Crippen molar-refractivity contribution in [2.45, 2.75) is 26.2 Å². The maximum absolute atomic E-state index is 11.1. The minimum absolute atomic E-state index is 0.448. The fourth-order valence-corrected chi connectivity index (χ4v) is 1.76. The molecule has 1 aliphatic carbocycles. The Labute approximate surface area is 68.4 Å². The van der Waals surface area contributed by atoms with Gasteiger partial charge in [-0.3, -0.25) is 4.79 Å². The molecule has 1 N–H and O–H groups in total. The number of ketones is 1. The van der Waals surface area contributed by atoms with Crippen molar-refractivity contribution in [1.82, 2.24) is 5.32 Å². The van der Waals surface area contributed by atoms with Crippen molar-refractivity contribution in [3.8, 4) is 0 Å². The third-order valence-electron chi connectivity index (χ3n) is 2.64. The molecular formula is C9H17NO. The van der Waals surface area contributed by atoms with Gasteiger partial charge in [-0.25, -0.2) is 0 Å². The van der Waals surface area contributed by atoms with E-state index < -0.39 is 0 Å². The number of nitrogens with one attached hydrogen (secondary N) is 1. The highest BCUT2D eigenvalue weighted by Crippen LogP contribution is 2.26. The summed E-state index contributed by atoms with van der Waals surface area (Å²) in [6.45, 7) is 3.24. The van der Waals surface area contributed by atoms with Crippen LogP contribution in [0.3, 0.4) is 0 Å². The van der Waals surface area contributed by atoms with E-state index in [-0.39, 0.29) is 0 Å². The Morgan fingerprint density at radius 1 is 1.64 bits per heavy atom. The average molecular weight is 155 g/mol. The van der Waals surface area contributed by atoms with Crippen molar-refractivity contribution in [3.63, 3.8) is 0 Å². The molecule has 0 aliphatic heterocycles. The highest BCUT2D eigenvalue weighted by atomic mass is 16.1. The van der Waals surface area contributed by atoms with E-state index in [1.165, 1.54) is 0 Å². The quantitative estimate of drug-likeness (QED) is 0.649. The van der Waals surface area contributed by atoms with Gasteiger partial charge < -0.3 is 5.32 Å². The second kappa shape index (κ2) is 3.86. The van der Waals surface area contributed by atoms with Gasteiger partial charge in [0.1, 0.15) is 5.78 Å². The fraction of sp³-hybridized carbons (Fsp3) is 0.889. The van der Waals surface area contributed by atoms with Gasteiger partial charge in [0, 0.05) is 12.8 Å². The first-order valence-electron chi connectivity index (χ1n) is 4.40. The van der Waals surface area contributed by atoms with Gasteiger partial charge in [-0.2, -0.15) is 0 Å². The van der Waals surface area contributed by atoms with Gasteiger partial charge in [-0.15, -0.1) is 0 Å². The third kappa shape index (κ3) is 2.29. The van der Waals surface area contributed by atoms with Crippen molar-refractivity contribution < 1.29 is 4.79 Å². The lowest BCUT2D eigenvalue weighted by molar-refractivity contribution is -0.122. The van der Waals surface area contributed by atoms with Crippen molar-refractivity contribution >= 4 is 5.78 Å². The topological polar surface area (TPSA) is 29.1 Å². The van der Waals surface area contributed by atoms with Crippen LogP contribution in [0.4, 0.5) is 0 Å². The summed E-state index contributed by atoms with van der Waals surface area (Å²) >= 11 is 0. The predicted molar refractivity (Wildman–Crippen MR) is 45.4 cm³/mol. The summed E-state index contributed by atoms with van der Waals surface area (Å²) in [5.74, 6) is 1.75. The van der Waals surface area contributed by atoms with Crippen molar-refractivity contribution in [2.75, 3.05) is 13.6 Å². The lowest BCUT2D eigenvalue weighted by Crippen LogP contribution is -2.30. The van der Waals surface area contributed by atoms with Crippen LogP contribution in [0.2, 0.25) is 0 Å². The Kier molecular flexibility index (Phi) is 3.06. The molecule has 0 spiro atoms. The molecule has 1 aliphatic rings. The summed E-state index contributed by atoms with van der Waals surface area (Å²) in [7, 11) is 1.95. The molecule has 2 unspecified atom stereocenters. The summed E-state index contributed by atoms with van der Waals surface area (Å²) in [4.78, 5) is 11.1. The molecule has 1 rings (SSSR count). The van der Waals surface area contributed by atoms with Gasteiger partial charge in [0.25, 0.3) is 0 Å². The van der Waals surface area contributed by atoms with Gasteiger partial charge in [0.05, 0.1) is 0 Å². The third-order valence-corrected chi connectivity index (χ3v) is 2.64. The Hall–Kier alpha value is -0.370. The number of Topliss-reactive ketones (excluding diaryl/α,β-unsaturated/α-hetero) is 1. The van der Waals surface area contributed by atoms with Gasteiger partial charge in [0.2, 0.25) is 0 Å². The monoisotopic (exact) mass is 155 g/mol. The van der Waals surface area contributed by atoms with Crippen molar-refractivity contribution in [1.29, 1.82) is 0 Å². The maximum Gasteiger partial charge on any atom is 0.133 e. The van der Waals surface area contributed by atoms with E-state index in [4.69, 9.17) is 0 Å². The first kappa shape index (κ1) is 8.72. The Morgan fingerprint density at radius 3 is 3.00 bits per heavy atom. The van der Waals surface area contributed by atoms with E-state index in [0.717, 1.165) is 31.7 Å². The molecule has 1 saturated carbocycles. The van der Waals surface area contributed by atoms with Crippen LogP contribution in [0.5, 0.6) is 0 Å². The summed E-state index contributed by atoms with van der Waals surface area (Å²) in [6.07, 6.45) is 2.69. The minimum atomic E-state index is 0.448. The molecule has 11 heavy (non-hydrogen) atoms. The molecule has 64 valence electrons. The minimum Gasteiger partial charge on any atom is -0.319 e. The number of hydrogen-bond acceptors (Lipinski definition) is 2. The molecule has 0 bridgehead atoms. The van der Waals surface area contributed by atoms with Crippen molar-refractivity contribution in [3.05, 3.63) is 0 Å². The molecular weight excluding hydrogens is 138 g/mol. The molecule has 0 heterocycles. The van der Waals surface area contributed by atoms with E-state index in [2.05, 4.69) is 12.2 Å². The number of hydrogen-bond donors (Lipinski definition) is 1. The number of carbonyl (C=O) groups excluding carboxylic acids is 1. The second-order valence-electron chi connectivity index (χ2n) is 3.58. The summed E-state index contributed by atoms with van der Waals surface area (Å²) < 4.78 is 0. The molecule has 2 atom stereocenters. The molecule has 0 aromatic rings. The van der Waals surface area contributed by atoms with Gasteiger partial charge in [-0.1, -0.05) is 6.92 Å². The molecule has 0 radical (unpaired) electrons. The SMILES string of the molecule is CNCC1CC(=O)CCC1C. The molecule has 0 saturated heterocycles. The second-order valence-corrected chi connectivity index (χ2v) is 3.58. The first-order chi connectivity index (χ1) is 5.24. The Balaban J connectivity index is 2.40. The van der Waals surface area contributed by atoms with E-state index in [1.54, 1.807) is 0 Å². The zero-order chi connectivity index (χ0) is 8.27. The lowest BCUT2D eigenvalue weighted by atomic mass is 9.80. The van der Waals surface area contributed by atoms with E-state index in [1.807, 2.05) is 7.05 Å². The summed E-state index contributed by atoms with van der Waals surface area (Å²) in [6, 6.07) is 0. The first-order valence-corrected chi connectivity index (χ1v) is 4.40. The molecule has 2 heteroatoms. The van der Waals surface area contributed by atoms with Crippen LogP contribution in [0.15, 0.2) is 0 Å². The van der Waals surface area contributed by atoms with Crippen LogP contribution in [-0.2, 0) is 4.79 Å². The zero-order valence-corrected chi connectivity index (χ0v) is 7.39. The largest absolute Gasteiger partial charge is 0.319 e. The number of rotatable bonds is 2. The standard InChI is InChI=1S/C9H17NO/c1-7-3-4-9(11)5-8(7)6-10-2/h7-8,10H,3-6H2,1-2H3. The smallest absolute Gasteiger partial charge is 0.133 e. The van der Waals surface area contributed by atoms with Crippen LogP contribution in [0.25, 0.3) is 0 Å². The van der Waals surface area contributed by atoms with Gasteiger partial charge in [-0.05, 0) is 31.8 Å². The molecule has 0 aromatic carbocycles. The van der Waals surface area contributed by atoms with Crippen LogP contribution in [0, 0.1) is 11.8 Å². The maximum atomic E-state index is 11.1. The summed E-state index contributed by atoms with van der Waals surface area (Å²) in [5, 5.41) is 3.14. The molecule has 0 amide bonds. The average Bonchev–Trinajstić information content (AvgIpc) is 1.98. The fourth-order valence-electron chi connectivity index (χ4n) is 1.76.